The molecule has 2 heteroatoms. The van der Waals surface area contributed by atoms with Crippen molar-refractivity contribution in [1.29, 1.82) is 0 Å². The number of rotatable bonds is 4. The predicted molar refractivity (Wildman–Crippen MR) is 88.1 cm³/mol. The maximum Gasteiger partial charge on any atom is 0.120 e. The molecule has 1 saturated heterocycles. The Kier molecular flexibility index (Phi) is 4.44. The Morgan fingerprint density at radius 2 is 1.76 bits per heavy atom. The van der Waals surface area contributed by atoms with Gasteiger partial charge in [-0.2, -0.15) is 0 Å². The van der Waals surface area contributed by atoms with Gasteiger partial charge in [-0.25, -0.2) is 0 Å². The summed E-state index contributed by atoms with van der Waals surface area (Å²) in [5.41, 5.74) is 2.75. The van der Waals surface area contributed by atoms with Crippen LogP contribution in [0.3, 0.4) is 0 Å². The lowest BCUT2D eigenvalue weighted by atomic mass is 9.90. The van der Waals surface area contributed by atoms with E-state index >= 15 is 0 Å². The van der Waals surface area contributed by atoms with E-state index in [0.29, 0.717) is 0 Å². The average molecular weight is 281 g/mol. The van der Waals surface area contributed by atoms with Crippen LogP contribution in [0.1, 0.15) is 18.4 Å². The van der Waals surface area contributed by atoms with Crippen LogP contribution in [0.5, 0.6) is 5.75 Å². The van der Waals surface area contributed by atoms with Gasteiger partial charge in [-0.3, -0.25) is 0 Å². The van der Waals surface area contributed by atoms with Gasteiger partial charge in [0, 0.05) is 24.8 Å². The van der Waals surface area contributed by atoms with Crippen molar-refractivity contribution in [3.05, 3.63) is 60.2 Å². The van der Waals surface area contributed by atoms with E-state index in [-0.39, 0.29) is 0 Å². The second-order valence-electron chi connectivity index (χ2n) is 5.82. The van der Waals surface area contributed by atoms with Gasteiger partial charge in [0.1, 0.15) is 5.75 Å². The average Bonchev–Trinajstić information content (AvgIpc) is 2.56. The lowest BCUT2D eigenvalue weighted by Gasteiger charge is -2.33. The van der Waals surface area contributed by atoms with Crippen molar-refractivity contribution in [2.75, 3.05) is 25.1 Å². The first-order chi connectivity index (χ1) is 10.3. The molecular weight excluding hydrogens is 258 g/mol. The van der Waals surface area contributed by atoms with E-state index in [0.717, 1.165) is 24.8 Å². The van der Waals surface area contributed by atoms with Gasteiger partial charge in [-0.1, -0.05) is 36.4 Å². The zero-order valence-electron chi connectivity index (χ0n) is 12.7. The molecule has 1 aliphatic rings. The summed E-state index contributed by atoms with van der Waals surface area (Å²) >= 11 is 0. The monoisotopic (exact) mass is 281 g/mol. The predicted octanol–water partition coefficient (Wildman–Crippen LogP) is 4.15. The van der Waals surface area contributed by atoms with Gasteiger partial charge in [-0.05, 0) is 42.9 Å². The van der Waals surface area contributed by atoms with Crippen molar-refractivity contribution >= 4 is 5.69 Å². The highest BCUT2D eigenvalue weighted by Crippen LogP contribution is 2.27. The number of anilines is 1. The zero-order chi connectivity index (χ0) is 14.5. The summed E-state index contributed by atoms with van der Waals surface area (Å²) in [6.07, 6.45) is 3.75. The molecule has 1 heterocycles. The van der Waals surface area contributed by atoms with Crippen LogP contribution in [0.2, 0.25) is 0 Å². The minimum Gasteiger partial charge on any atom is -0.497 e. The first-order valence-electron chi connectivity index (χ1n) is 7.78. The van der Waals surface area contributed by atoms with Crippen LogP contribution in [0.15, 0.2) is 54.6 Å². The molecule has 0 radical (unpaired) electrons. The second kappa shape index (κ2) is 6.66. The number of nitrogens with zero attached hydrogens (tertiary/aromatic N) is 1. The second-order valence-corrected chi connectivity index (χ2v) is 5.82. The Morgan fingerprint density at radius 1 is 1.00 bits per heavy atom. The van der Waals surface area contributed by atoms with Crippen LogP contribution in [-0.4, -0.2) is 20.2 Å². The first-order valence-corrected chi connectivity index (χ1v) is 7.78. The molecule has 0 atom stereocenters. The molecule has 0 bridgehead atoms. The standard InChI is InChI=1S/C19H23NO/c1-21-19-9-5-8-18(15-19)20-12-10-17(11-13-20)14-16-6-3-2-4-7-16/h2-9,15,17H,10-14H2,1H3. The molecule has 0 aliphatic carbocycles. The fraction of sp³-hybridized carbons (Fsp3) is 0.368. The summed E-state index contributed by atoms with van der Waals surface area (Å²) in [5, 5.41) is 0. The van der Waals surface area contributed by atoms with Crippen LogP contribution in [-0.2, 0) is 6.42 Å². The Labute approximate surface area is 127 Å². The fourth-order valence-corrected chi connectivity index (χ4v) is 3.15. The van der Waals surface area contributed by atoms with Gasteiger partial charge >= 0.3 is 0 Å². The molecular formula is C19H23NO. The Hall–Kier alpha value is -1.96. The van der Waals surface area contributed by atoms with E-state index in [2.05, 4.69) is 53.4 Å². The summed E-state index contributed by atoms with van der Waals surface area (Å²) < 4.78 is 5.32. The van der Waals surface area contributed by atoms with E-state index in [4.69, 9.17) is 4.74 Å². The van der Waals surface area contributed by atoms with E-state index in [1.807, 2.05) is 6.07 Å². The third-order valence-corrected chi connectivity index (χ3v) is 4.40. The molecule has 110 valence electrons. The number of piperidine rings is 1. The van der Waals surface area contributed by atoms with Gasteiger partial charge in [0.2, 0.25) is 0 Å². The number of hydrogen-bond donors (Lipinski definition) is 0. The third-order valence-electron chi connectivity index (χ3n) is 4.40. The highest BCUT2D eigenvalue weighted by Gasteiger charge is 2.19. The van der Waals surface area contributed by atoms with Gasteiger partial charge in [0.15, 0.2) is 0 Å². The lowest BCUT2D eigenvalue weighted by Crippen LogP contribution is -2.34. The smallest absolute Gasteiger partial charge is 0.120 e. The molecule has 2 aromatic rings. The van der Waals surface area contributed by atoms with Gasteiger partial charge in [0.25, 0.3) is 0 Å². The molecule has 21 heavy (non-hydrogen) atoms. The summed E-state index contributed by atoms with van der Waals surface area (Å²) in [5.74, 6) is 1.76. The molecule has 0 aromatic heterocycles. The number of benzene rings is 2. The van der Waals surface area contributed by atoms with Crippen molar-refractivity contribution in [2.45, 2.75) is 19.3 Å². The first kappa shape index (κ1) is 14.0. The normalized spacial score (nSPS) is 16.0. The van der Waals surface area contributed by atoms with Gasteiger partial charge in [0.05, 0.1) is 7.11 Å². The molecule has 0 amide bonds. The highest BCUT2D eigenvalue weighted by atomic mass is 16.5. The van der Waals surface area contributed by atoms with E-state index in [9.17, 15) is 0 Å². The summed E-state index contributed by atoms with van der Waals surface area (Å²) in [6, 6.07) is 19.3. The number of ether oxygens (including phenoxy) is 1. The molecule has 0 N–H and O–H groups in total. The molecule has 1 aliphatic heterocycles. The minimum atomic E-state index is 0.814. The third kappa shape index (κ3) is 3.57. The van der Waals surface area contributed by atoms with Crippen LogP contribution < -0.4 is 9.64 Å². The Bertz CT molecular complexity index is 559. The topological polar surface area (TPSA) is 12.5 Å². The van der Waals surface area contributed by atoms with Gasteiger partial charge < -0.3 is 9.64 Å². The summed E-state index contributed by atoms with van der Waals surface area (Å²) in [6.45, 7) is 2.29. The van der Waals surface area contributed by atoms with Crippen molar-refractivity contribution in [1.82, 2.24) is 0 Å². The number of methoxy groups -OCH3 is 1. The van der Waals surface area contributed by atoms with Crippen molar-refractivity contribution in [3.8, 4) is 5.75 Å². The quantitative estimate of drug-likeness (QED) is 0.834. The molecule has 0 unspecified atom stereocenters. The molecule has 2 aromatic carbocycles. The van der Waals surface area contributed by atoms with Crippen molar-refractivity contribution in [2.24, 2.45) is 5.92 Å². The van der Waals surface area contributed by atoms with Crippen molar-refractivity contribution < 1.29 is 4.74 Å². The maximum atomic E-state index is 5.32. The SMILES string of the molecule is COc1cccc(N2CCC(Cc3ccccc3)CC2)c1. The Balaban J connectivity index is 1.57. The Morgan fingerprint density at radius 3 is 2.48 bits per heavy atom. The maximum absolute atomic E-state index is 5.32. The largest absolute Gasteiger partial charge is 0.497 e. The van der Waals surface area contributed by atoms with Crippen LogP contribution in [0.25, 0.3) is 0 Å². The van der Waals surface area contributed by atoms with Crippen LogP contribution >= 0.6 is 0 Å². The molecule has 0 saturated carbocycles. The number of hydrogen-bond acceptors (Lipinski definition) is 2. The molecule has 0 spiro atoms. The summed E-state index contributed by atoms with van der Waals surface area (Å²) in [4.78, 5) is 2.48. The lowest BCUT2D eigenvalue weighted by molar-refractivity contribution is 0.401. The highest BCUT2D eigenvalue weighted by molar-refractivity contribution is 5.51. The van der Waals surface area contributed by atoms with Crippen LogP contribution in [0.4, 0.5) is 5.69 Å². The fourth-order valence-electron chi connectivity index (χ4n) is 3.15. The van der Waals surface area contributed by atoms with Gasteiger partial charge in [-0.15, -0.1) is 0 Å². The van der Waals surface area contributed by atoms with Crippen LogP contribution in [0, 0.1) is 5.92 Å². The van der Waals surface area contributed by atoms with E-state index < -0.39 is 0 Å². The molecule has 1 fully saturated rings. The van der Waals surface area contributed by atoms with Crippen molar-refractivity contribution in [3.63, 3.8) is 0 Å². The zero-order valence-corrected chi connectivity index (χ0v) is 12.7. The molecule has 3 rings (SSSR count). The minimum absolute atomic E-state index is 0.814. The summed E-state index contributed by atoms with van der Waals surface area (Å²) in [7, 11) is 1.73. The molecule has 2 nitrogen and oxygen atoms in total. The van der Waals surface area contributed by atoms with E-state index in [1.165, 1.54) is 30.5 Å². The van der Waals surface area contributed by atoms with E-state index in [1.54, 1.807) is 7.11 Å².